The summed E-state index contributed by atoms with van der Waals surface area (Å²) in [6.45, 7) is 8.15. The summed E-state index contributed by atoms with van der Waals surface area (Å²) in [4.78, 5) is 25.4. The van der Waals surface area contributed by atoms with Crippen molar-refractivity contribution in [3.05, 3.63) is 65.7 Å². The van der Waals surface area contributed by atoms with E-state index in [0.717, 1.165) is 18.4 Å². The third kappa shape index (κ3) is 6.34. The Bertz CT molecular complexity index is 852. The Morgan fingerprint density at radius 1 is 1.00 bits per heavy atom. The van der Waals surface area contributed by atoms with Crippen LogP contribution in [0.3, 0.4) is 0 Å². The van der Waals surface area contributed by atoms with Gasteiger partial charge in [-0.2, -0.15) is 0 Å². The molecule has 2 N–H and O–H groups in total. The number of hydrogen-bond donors (Lipinski definition) is 2. The Kier molecular flexibility index (Phi) is 6.80. The number of ether oxygens (including phenoxy) is 1. The highest BCUT2D eigenvalue weighted by Gasteiger charge is 2.30. The fraction of sp³-hybridized carbons (Fsp3) is 0.440. The van der Waals surface area contributed by atoms with Gasteiger partial charge in [-0.05, 0) is 48.4 Å². The van der Waals surface area contributed by atoms with Crippen molar-refractivity contribution in [2.45, 2.75) is 70.6 Å². The molecular weight excluding hydrogens is 376 g/mol. The zero-order valence-electron chi connectivity index (χ0n) is 18.3. The van der Waals surface area contributed by atoms with Crippen LogP contribution in [0.4, 0.5) is 0 Å². The second-order valence-electron chi connectivity index (χ2n) is 9.07. The van der Waals surface area contributed by atoms with E-state index in [9.17, 15) is 9.59 Å². The van der Waals surface area contributed by atoms with Crippen LogP contribution in [-0.4, -0.2) is 30.0 Å². The van der Waals surface area contributed by atoms with Gasteiger partial charge in [0.1, 0.15) is 11.8 Å². The maximum absolute atomic E-state index is 12.8. The SMILES string of the molecule is CC(Oc1ccc(C(C)(C)C)cc1)C(=O)NC(Cc1ccccc1)C(=O)NC1CC1. The fourth-order valence-electron chi connectivity index (χ4n) is 3.17. The highest BCUT2D eigenvalue weighted by molar-refractivity contribution is 5.89. The van der Waals surface area contributed by atoms with Gasteiger partial charge < -0.3 is 15.4 Å². The van der Waals surface area contributed by atoms with Gasteiger partial charge in [-0.1, -0.05) is 63.2 Å². The van der Waals surface area contributed by atoms with Crippen molar-refractivity contribution in [2.24, 2.45) is 0 Å². The van der Waals surface area contributed by atoms with E-state index in [4.69, 9.17) is 4.74 Å². The van der Waals surface area contributed by atoms with Crippen molar-refractivity contribution in [2.75, 3.05) is 0 Å². The molecule has 2 aromatic rings. The van der Waals surface area contributed by atoms with Gasteiger partial charge in [0.05, 0.1) is 0 Å². The lowest BCUT2D eigenvalue weighted by Crippen LogP contribution is -2.51. The number of nitrogens with one attached hydrogen (secondary N) is 2. The minimum absolute atomic E-state index is 0.0566. The van der Waals surface area contributed by atoms with Crippen LogP contribution in [0.25, 0.3) is 0 Å². The first-order valence-corrected chi connectivity index (χ1v) is 10.6. The van der Waals surface area contributed by atoms with Crippen LogP contribution >= 0.6 is 0 Å². The molecule has 3 rings (SSSR count). The van der Waals surface area contributed by atoms with Crippen LogP contribution in [0, 0.1) is 0 Å². The second kappa shape index (κ2) is 9.33. The van der Waals surface area contributed by atoms with E-state index in [0.29, 0.717) is 12.2 Å². The molecule has 0 heterocycles. The second-order valence-corrected chi connectivity index (χ2v) is 9.07. The summed E-state index contributed by atoms with van der Waals surface area (Å²) in [7, 11) is 0. The van der Waals surface area contributed by atoms with Crippen molar-refractivity contribution in [3.8, 4) is 5.75 Å². The van der Waals surface area contributed by atoms with Gasteiger partial charge in [-0.15, -0.1) is 0 Å². The standard InChI is InChI=1S/C25H32N2O3/c1-17(30-21-14-10-19(11-15-21)25(2,3)4)23(28)27-22(24(29)26-20-12-13-20)16-18-8-6-5-7-9-18/h5-11,14-15,17,20,22H,12-13,16H2,1-4H3,(H,26,29)(H,27,28). The topological polar surface area (TPSA) is 67.4 Å². The van der Waals surface area contributed by atoms with Crippen LogP contribution in [-0.2, 0) is 21.4 Å². The maximum atomic E-state index is 12.8. The van der Waals surface area contributed by atoms with Gasteiger partial charge in [0.15, 0.2) is 6.10 Å². The number of benzene rings is 2. The van der Waals surface area contributed by atoms with E-state index in [2.05, 4.69) is 31.4 Å². The monoisotopic (exact) mass is 408 g/mol. The third-order valence-corrected chi connectivity index (χ3v) is 5.24. The summed E-state index contributed by atoms with van der Waals surface area (Å²) >= 11 is 0. The van der Waals surface area contributed by atoms with Crippen LogP contribution in [0.1, 0.15) is 51.7 Å². The first-order valence-electron chi connectivity index (χ1n) is 10.6. The summed E-state index contributed by atoms with van der Waals surface area (Å²) < 4.78 is 5.82. The number of hydrogen-bond acceptors (Lipinski definition) is 3. The Morgan fingerprint density at radius 2 is 1.63 bits per heavy atom. The molecule has 0 bridgehead atoms. The van der Waals surface area contributed by atoms with Crippen molar-refractivity contribution in [3.63, 3.8) is 0 Å². The fourth-order valence-corrected chi connectivity index (χ4v) is 3.17. The lowest BCUT2D eigenvalue weighted by Gasteiger charge is -2.22. The molecule has 30 heavy (non-hydrogen) atoms. The Morgan fingerprint density at radius 3 is 2.20 bits per heavy atom. The molecule has 2 unspecified atom stereocenters. The number of carbonyl (C=O) groups is 2. The zero-order valence-corrected chi connectivity index (χ0v) is 18.3. The molecule has 0 saturated heterocycles. The van der Waals surface area contributed by atoms with Gasteiger partial charge in [0.25, 0.3) is 5.91 Å². The lowest BCUT2D eigenvalue weighted by molar-refractivity contribution is -0.132. The first kappa shape index (κ1) is 21.9. The molecule has 5 heteroatoms. The summed E-state index contributed by atoms with van der Waals surface area (Å²) in [5.41, 5.74) is 2.26. The smallest absolute Gasteiger partial charge is 0.261 e. The molecule has 0 radical (unpaired) electrons. The Balaban J connectivity index is 1.62. The van der Waals surface area contributed by atoms with Crippen LogP contribution in [0.2, 0.25) is 0 Å². The minimum Gasteiger partial charge on any atom is -0.481 e. The first-order chi connectivity index (χ1) is 14.2. The van der Waals surface area contributed by atoms with E-state index in [1.54, 1.807) is 6.92 Å². The van der Waals surface area contributed by atoms with Gasteiger partial charge >= 0.3 is 0 Å². The molecule has 1 aliphatic rings. The normalized spacial score (nSPS) is 15.7. The molecule has 1 fully saturated rings. The van der Waals surface area contributed by atoms with Gasteiger partial charge in [-0.3, -0.25) is 9.59 Å². The highest BCUT2D eigenvalue weighted by atomic mass is 16.5. The average molecular weight is 409 g/mol. The summed E-state index contributed by atoms with van der Waals surface area (Å²) in [5.74, 6) is 0.186. The molecule has 0 aromatic heterocycles. The van der Waals surface area contributed by atoms with Crippen molar-refractivity contribution >= 4 is 11.8 Å². The quantitative estimate of drug-likeness (QED) is 0.699. The molecule has 1 saturated carbocycles. The number of carbonyl (C=O) groups excluding carboxylic acids is 2. The Labute approximate surface area is 179 Å². The molecule has 1 aliphatic carbocycles. The predicted octanol–water partition coefficient (Wildman–Crippen LogP) is 3.76. The van der Waals surface area contributed by atoms with Crippen molar-refractivity contribution in [1.29, 1.82) is 0 Å². The molecule has 2 amide bonds. The van der Waals surface area contributed by atoms with E-state index in [1.165, 1.54) is 5.56 Å². The van der Waals surface area contributed by atoms with Crippen molar-refractivity contribution < 1.29 is 14.3 Å². The Hall–Kier alpha value is -2.82. The molecule has 0 spiro atoms. The van der Waals surface area contributed by atoms with Crippen molar-refractivity contribution in [1.82, 2.24) is 10.6 Å². The van der Waals surface area contributed by atoms with Gasteiger partial charge in [0, 0.05) is 12.5 Å². The molecule has 0 aliphatic heterocycles. The maximum Gasteiger partial charge on any atom is 0.261 e. The minimum atomic E-state index is -0.711. The van der Waals surface area contributed by atoms with Gasteiger partial charge in [0.2, 0.25) is 5.91 Å². The lowest BCUT2D eigenvalue weighted by atomic mass is 9.87. The van der Waals surface area contributed by atoms with E-state index in [-0.39, 0.29) is 23.3 Å². The van der Waals surface area contributed by atoms with E-state index < -0.39 is 12.1 Å². The molecule has 2 aromatic carbocycles. The largest absolute Gasteiger partial charge is 0.481 e. The zero-order chi connectivity index (χ0) is 21.7. The van der Waals surface area contributed by atoms with Crippen LogP contribution < -0.4 is 15.4 Å². The third-order valence-electron chi connectivity index (χ3n) is 5.24. The van der Waals surface area contributed by atoms with E-state index >= 15 is 0 Å². The highest BCUT2D eigenvalue weighted by Crippen LogP contribution is 2.24. The summed E-state index contributed by atoms with van der Waals surface area (Å²) in [6.07, 6.45) is 1.74. The molecule has 2 atom stereocenters. The van der Waals surface area contributed by atoms with Gasteiger partial charge in [-0.25, -0.2) is 0 Å². The molecule has 160 valence electrons. The summed E-state index contributed by atoms with van der Waals surface area (Å²) in [5, 5.41) is 5.87. The predicted molar refractivity (Wildman–Crippen MR) is 118 cm³/mol. The van der Waals surface area contributed by atoms with Crippen LogP contribution in [0.5, 0.6) is 5.75 Å². The number of amides is 2. The average Bonchev–Trinajstić information content (AvgIpc) is 3.52. The molecular formula is C25H32N2O3. The molecule has 5 nitrogen and oxygen atoms in total. The summed E-state index contributed by atoms with van der Waals surface area (Å²) in [6, 6.07) is 17.1. The van der Waals surface area contributed by atoms with Crippen LogP contribution in [0.15, 0.2) is 54.6 Å². The number of rotatable bonds is 8. The van der Waals surface area contributed by atoms with E-state index in [1.807, 2.05) is 54.6 Å².